The summed E-state index contributed by atoms with van der Waals surface area (Å²) < 4.78 is 1.75. The molecule has 0 atom stereocenters. The number of aromatic amines is 1. The molecule has 0 aliphatic carbocycles. The van der Waals surface area contributed by atoms with E-state index in [1.807, 2.05) is 44.2 Å². The molecule has 0 aliphatic heterocycles. The summed E-state index contributed by atoms with van der Waals surface area (Å²) in [6, 6.07) is 9.96. The van der Waals surface area contributed by atoms with Crippen molar-refractivity contribution in [1.29, 1.82) is 0 Å². The van der Waals surface area contributed by atoms with Crippen LogP contribution in [-0.4, -0.2) is 9.55 Å². The highest BCUT2D eigenvalue weighted by Gasteiger charge is 2.10. The van der Waals surface area contributed by atoms with E-state index in [0.29, 0.717) is 6.54 Å². The average molecular weight is 202 g/mol. The lowest BCUT2D eigenvalue weighted by atomic mass is 10.1. The SMILES string of the molecule is CCn1c(-c2ccccc2)c(C)[nH]c1=O. The van der Waals surface area contributed by atoms with Gasteiger partial charge in [-0.3, -0.25) is 4.57 Å². The molecule has 0 fully saturated rings. The van der Waals surface area contributed by atoms with Gasteiger partial charge in [0, 0.05) is 17.8 Å². The summed E-state index contributed by atoms with van der Waals surface area (Å²) in [5.41, 5.74) is 2.96. The Balaban J connectivity index is 2.67. The van der Waals surface area contributed by atoms with E-state index in [-0.39, 0.29) is 5.69 Å². The smallest absolute Gasteiger partial charge is 0.309 e. The predicted molar refractivity (Wildman–Crippen MR) is 60.9 cm³/mol. The van der Waals surface area contributed by atoms with Crippen LogP contribution >= 0.6 is 0 Å². The van der Waals surface area contributed by atoms with Crippen molar-refractivity contribution in [2.45, 2.75) is 20.4 Å². The fourth-order valence-electron chi connectivity index (χ4n) is 1.86. The van der Waals surface area contributed by atoms with Gasteiger partial charge in [0.1, 0.15) is 0 Å². The molecule has 0 amide bonds. The van der Waals surface area contributed by atoms with Crippen molar-refractivity contribution in [3.05, 3.63) is 46.5 Å². The van der Waals surface area contributed by atoms with Crippen molar-refractivity contribution in [2.24, 2.45) is 0 Å². The molecule has 0 spiro atoms. The molecule has 1 aromatic heterocycles. The first kappa shape index (κ1) is 9.77. The van der Waals surface area contributed by atoms with Gasteiger partial charge in [0.05, 0.1) is 5.69 Å². The molecule has 1 N–H and O–H groups in total. The summed E-state index contributed by atoms with van der Waals surface area (Å²) in [7, 11) is 0. The lowest BCUT2D eigenvalue weighted by Gasteiger charge is -2.05. The largest absolute Gasteiger partial charge is 0.326 e. The molecular formula is C12H14N2O. The number of aryl methyl sites for hydroxylation is 1. The number of H-pyrrole nitrogens is 1. The molecular weight excluding hydrogens is 188 g/mol. The monoisotopic (exact) mass is 202 g/mol. The second kappa shape index (κ2) is 3.77. The molecule has 0 bridgehead atoms. The van der Waals surface area contributed by atoms with Gasteiger partial charge in [-0.15, -0.1) is 0 Å². The Bertz CT molecular complexity index is 508. The van der Waals surface area contributed by atoms with Crippen LogP contribution in [-0.2, 0) is 6.54 Å². The van der Waals surface area contributed by atoms with Gasteiger partial charge in [0.15, 0.2) is 0 Å². The van der Waals surface area contributed by atoms with E-state index in [4.69, 9.17) is 0 Å². The molecule has 15 heavy (non-hydrogen) atoms. The normalized spacial score (nSPS) is 10.5. The standard InChI is InChI=1S/C12H14N2O/c1-3-14-11(9(2)13-12(14)15)10-7-5-4-6-8-10/h4-8H,3H2,1-2H3,(H,13,15). The molecule has 1 aromatic carbocycles. The van der Waals surface area contributed by atoms with E-state index >= 15 is 0 Å². The first-order valence-electron chi connectivity index (χ1n) is 5.09. The van der Waals surface area contributed by atoms with Crippen LogP contribution in [0.2, 0.25) is 0 Å². The maximum absolute atomic E-state index is 11.6. The summed E-state index contributed by atoms with van der Waals surface area (Å²) >= 11 is 0. The fourth-order valence-corrected chi connectivity index (χ4v) is 1.86. The van der Waals surface area contributed by atoms with Crippen LogP contribution in [0.1, 0.15) is 12.6 Å². The molecule has 0 radical (unpaired) electrons. The van der Waals surface area contributed by atoms with Crippen molar-refractivity contribution in [1.82, 2.24) is 9.55 Å². The maximum atomic E-state index is 11.6. The lowest BCUT2D eigenvalue weighted by molar-refractivity contribution is 0.736. The Labute approximate surface area is 88.4 Å². The highest BCUT2D eigenvalue weighted by molar-refractivity contribution is 5.61. The second-order valence-electron chi connectivity index (χ2n) is 3.51. The number of hydrogen-bond acceptors (Lipinski definition) is 1. The number of benzene rings is 1. The van der Waals surface area contributed by atoms with E-state index < -0.39 is 0 Å². The molecule has 0 unspecified atom stereocenters. The van der Waals surface area contributed by atoms with Crippen molar-refractivity contribution in [2.75, 3.05) is 0 Å². The topological polar surface area (TPSA) is 37.8 Å². The Kier molecular flexibility index (Phi) is 2.46. The van der Waals surface area contributed by atoms with Gasteiger partial charge in [0.25, 0.3) is 0 Å². The van der Waals surface area contributed by atoms with Crippen LogP contribution < -0.4 is 5.69 Å². The van der Waals surface area contributed by atoms with Crippen LogP contribution in [0.4, 0.5) is 0 Å². The minimum atomic E-state index is -0.0335. The van der Waals surface area contributed by atoms with Gasteiger partial charge in [-0.05, 0) is 13.8 Å². The molecule has 3 nitrogen and oxygen atoms in total. The molecule has 1 heterocycles. The minimum Gasteiger partial charge on any atom is -0.309 e. The maximum Gasteiger partial charge on any atom is 0.326 e. The molecule has 2 rings (SSSR count). The van der Waals surface area contributed by atoms with Crippen LogP contribution in [0.5, 0.6) is 0 Å². The van der Waals surface area contributed by atoms with Crippen molar-refractivity contribution >= 4 is 0 Å². The average Bonchev–Trinajstić information content (AvgIpc) is 2.54. The van der Waals surface area contributed by atoms with Crippen molar-refractivity contribution in [3.8, 4) is 11.3 Å². The third kappa shape index (κ3) is 1.61. The van der Waals surface area contributed by atoms with E-state index in [0.717, 1.165) is 17.0 Å². The first-order chi connectivity index (χ1) is 7.24. The predicted octanol–water partition coefficient (Wildman–Crippen LogP) is 2.17. The number of nitrogens with zero attached hydrogens (tertiary/aromatic N) is 1. The Morgan fingerprint density at radius 2 is 1.93 bits per heavy atom. The zero-order valence-electron chi connectivity index (χ0n) is 8.95. The van der Waals surface area contributed by atoms with Crippen LogP contribution in [0.25, 0.3) is 11.3 Å². The molecule has 3 heteroatoms. The summed E-state index contributed by atoms with van der Waals surface area (Å²) in [4.78, 5) is 14.4. The molecule has 0 aliphatic rings. The number of imidazole rings is 1. The quantitative estimate of drug-likeness (QED) is 0.796. The van der Waals surface area contributed by atoms with Gasteiger partial charge in [0.2, 0.25) is 0 Å². The van der Waals surface area contributed by atoms with Gasteiger partial charge >= 0.3 is 5.69 Å². The number of rotatable bonds is 2. The number of nitrogens with one attached hydrogen (secondary N) is 1. The summed E-state index contributed by atoms with van der Waals surface area (Å²) in [5, 5.41) is 0. The zero-order valence-corrected chi connectivity index (χ0v) is 8.95. The van der Waals surface area contributed by atoms with E-state index in [9.17, 15) is 4.79 Å². The summed E-state index contributed by atoms with van der Waals surface area (Å²) in [5.74, 6) is 0. The minimum absolute atomic E-state index is 0.0335. The Morgan fingerprint density at radius 1 is 1.27 bits per heavy atom. The summed E-state index contributed by atoms with van der Waals surface area (Å²) in [6.07, 6.45) is 0. The van der Waals surface area contributed by atoms with E-state index in [1.54, 1.807) is 4.57 Å². The molecule has 0 saturated carbocycles. The first-order valence-corrected chi connectivity index (χ1v) is 5.09. The van der Waals surface area contributed by atoms with Gasteiger partial charge in [-0.25, -0.2) is 4.79 Å². The number of hydrogen-bond donors (Lipinski definition) is 1. The van der Waals surface area contributed by atoms with Crippen molar-refractivity contribution in [3.63, 3.8) is 0 Å². The zero-order chi connectivity index (χ0) is 10.8. The van der Waals surface area contributed by atoms with Gasteiger partial charge < -0.3 is 4.98 Å². The third-order valence-corrected chi connectivity index (χ3v) is 2.53. The Morgan fingerprint density at radius 3 is 2.53 bits per heavy atom. The fraction of sp³-hybridized carbons (Fsp3) is 0.250. The Hall–Kier alpha value is -1.77. The highest BCUT2D eigenvalue weighted by Crippen LogP contribution is 2.20. The molecule has 0 saturated heterocycles. The molecule has 78 valence electrons. The van der Waals surface area contributed by atoms with E-state index in [2.05, 4.69) is 4.98 Å². The van der Waals surface area contributed by atoms with Crippen LogP contribution in [0.15, 0.2) is 35.1 Å². The third-order valence-electron chi connectivity index (χ3n) is 2.53. The lowest BCUT2D eigenvalue weighted by Crippen LogP contribution is -2.16. The van der Waals surface area contributed by atoms with Crippen LogP contribution in [0, 0.1) is 6.92 Å². The van der Waals surface area contributed by atoms with Crippen LogP contribution in [0.3, 0.4) is 0 Å². The van der Waals surface area contributed by atoms with Gasteiger partial charge in [-0.1, -0.05) is 30.3 Å². The van der Waals surface area contributed by atoms with Gasteiger partial charge in [-0.2, -0.15) is 0 Å². The van der Waals surface area contributed by atoms with Crippen molar-refractivity contribution < 1.29 is 0 Å². The summed E-state index contributed by atoms with van der Waals surface area (Å²) in [6.45, 7) is 4.59. The number of aromatic nitrogens is 2. The highest BCUT2D eigenvalue weighted by atomic mass is 16.1. The second-order valence-corrected chi connectivity index (χ2v) is 3.51. The molecule has 2 aromatic rings. The van der Waals surface area contributed by atoms with E-state index in [1.165, 1.54) is 0 Å².